The van der Waals surface area contributed by atoms with Gasteiger partial charge in [0.25, 0.3) is 0 Å². The number of hydrogen-bond acceptors (Lipinski definition) is 3. The number of amides is 1. The Kier molecular flexibility index (Phi) is 4.90. The largest absolute Gasteiger partial charge is 0.355 e. The van der Waals surface area contributed by atoms with E-state index in [1.54, 1.807) is 0 Å². The molecule has 0 bridgehead atoms. The lowest BCUT2D eigenvalue weighted by Crippen LogP contribution is -2.35. The lowest BCUT2D eigenvalue weighted by molar-refractivity contribution is -0.121. The van der Waals surface area contributed by atoms with Crippen LogP contribution < -0.4 is 10.6 Å². The van der Waals surface area contributed by atoms with Crippen LogP contribution in [0.15, 0.2) is 0 Å². The highest BCUT2D eigenvalue weighted by atomic mass is 16.1. The average Bonchev–Trinajstić information content (AvgIpc) is 2.56. The van der Waals surface area contributed by atoms with Gasteiger partial charge < -0.3 is 15.5 Å². The van der Waals surface area contributed by atoms with Crippen LogP contribution in [0, 0.1) is 0 Å². The van der Waals surface area contributed by atoms with Crippen LogP contribution in [0.5, 0.6) is 0 Å². The second kappa shape index (κ2) is 5.98. The predicted octanol–water partition coefficient (Wildman–Crippen LogP) is -0.194. The lowest BCUT2D eigenvalue weighted by Gasteiger charge is -2.12. The van der Waals surface area contributed by atoms with E-state index >= 15 is 0 Å². The molecule has 1 rings (SSSR count). The summed E-state index contributed by atoms with van der Waals surface area (Å²) in [5, 5.41) is 6.24. The summed E-state index contributed by atoms with van der Waals surface area (Å²) in [6.45, 7) is 2.72. The summed E-state index contributed by atoms with van der Waals surface area (Å²) in [5.41, 5.74) is 0. The molecule has 82 valence electrons. The first-order valence-electron chi connectivity index (χ1n) is 5.33. The maximum Gasteiger partial charge on any atom is 0.221 e. The van der Waals surface area contributed by atoms with Crippen LogP contribution in [0.3, 0.4) is 0 Å². The summed E-state index contributed by atoms with van der Waals surface area (Å²) in [6.07, 6.45) is 2.98. The molecule has 0 aromatic rings. The molecule has 14 heavy (non-hydrogen) atoms. The normalized spacial score (nSPS) is 21.5. The van der Waals surface area contributed by atoms with E-state index in [0.717, 1.165) is 26.1 Å². The van der Waals surface area contributed by atoms with E-state index in [-0.39, 0.29) is 5.91 Å². The zero-order valence-electron chi connectivity index (χ0n) is 9.18. The van der Waals surface area contributed by atoms with Crippen LogP contribution in [0.25, 0.3) is 0 Å². The van der Waals surface area contributed by atoms with Gasteiger partial charge in [-0.2, -0.15) is 0 Å². The molecule has 0 saturated carbocycles. The number of nitrogens with zero attached hydrogens (tertiary/aromatic N) is 1. The fourth-order valence-corrected chi connectivity index (χ4v) is 1.65. The summed E-state index contributed by atoms with van der Waals surface area (Å²) in [4.78, 5) is 13.5. The molecule has 0 aliphatic carbocycles. The molecule has 1 amide bonds. The highest BCUT2D eigenvalue weighted by Gasteiger charge is 2.16. The first-order chi connectivity index (χ1) is 6.68. The number of likely N-dealkylation sites (N-methyl/N-ethyl adjacent to an activating group) is 1. The van der Waals surface area contributed by atoms with Gasteiger partial charge in [0.1, 0.15) is 0 Å². The van der Waals surface area contributed by atoms with Gasteiger partial charge >= 0.3 is 0 Å². The summed E-state index contributed by atoms with van der Waals surface area (Å²) < 4.78 is 0. The Bertz CT molecular complexity index is 176. The van der Waals surface area contributed by atoms with Crippen LogP contribution >= 0.6 is 0 Å². The molecule has 1 heterocycles. The minimum Gasteiger partial charge on any atom is -0.355 e. The van der Waals surface area contributed by atoms with Crippen molar-refractivity contribution in [3.05, 3.63) is 0 Å². The van der Waals surface area contributed by atoms with E-state index < -0.39 is 0 Å². The Labute approximate surface area is 86.0 Å². The number of rotatable bonds is 5. The first-order valence-corrected chi connectivity index (χ1v) is 5.33. The summed E-state index contributed by atoms with van der Waals surface area (Å²) in [5.74, 6) is 0.172. The van der Waals surface area contributed by atoms with E-state index in [4.69, 9.17) is 0 Å². The molecular formula is C10H21N3O. The molecule has 0 aromatic heterocycles. The summed E-state index contributed by atoms with van der Waals surface area (Å²) in [7, 11) is 4.01. The third-order valence-corrected chi connectivity index (χ3v) is 2.48. The Morgan fingerprint density at radius 2 is 2.36 bits per heavy atom. The molecule has 1 fully saturated rings. The zero-order valence-corrected chi connectivity index (χ0v) is 9.18. The monoisotopic (exact) mass is 199 g/mol. The van der Waals surface area contributed by atoms with Gasteiger partial charge in [0.2, 0.25) is 5.91 Å². The van der Waals surface area contributed by atoms with E-state index in [1.807, 2.05) is 14.1 Å². The second-order valence-corrected chi connectivity index (χ2v) is 4.15. The Hall–Kier alpha value is -0.610. The van der Waals surface area contributed by atoms with Gasteiger partial charge in [-0.3, -0.25) is 4.79 Å². The maximum atomic E-state index is 11.4. The van der Waals surface area contributed by atoms with Gasteiger partial charge in [0, 0.05) is 25.6 Å². The SMILES string of the molecule is CN(C)CCNC(=O)CC1CCCN1. The van der Waals surface area contributed by atoms with Gasteiger partial charge in [-0.1, -0.05) is 0 Å². The Morgan fingerprint density at radius 1 is 1.57 bits per heavy atom. The van der Waals surface area contributed by atoms with Crippen LogP contribution in [0.4, 0.5) is 0 Å². The molecule has 1 saturated heterocycles. The maximum absolute atomic E-state index is 11.4. The minimum atomic E-state index is 0.172. The highest BCUT2D eigenvalue weighted by Crippen LogP contribution is 2.07. The molecule has 1 aliphatic rings. The molecule has 4 heteroatoms. The predicted molar refractivity (Wildman–Crippen MR) is 57.2 cm³/mol. The standard InChI is InChI=1S/C10H21N3O/c1-13(2)7-6-12-10(14)8-9-4-3-5-11-9/h9,11H,3-8H2,1-2H3,(H,12,14). The Morgan fingerprint density at radius 3 is 2.93 bits per heavy atom. The van der Waals surface area contributed by atoms with Crippen molar-refractivity contribution in [2.24, 2.45) is 0 Å². The lowest BCUT2D eigenvalue weighted by atomic mass is 10.1. The van der Waals surface area contributed by atoms with Gasteiger partial charge in [-0.05, 0) is 33.5 Å². The molecule has 1 aliphatic heterocycles. The molecule has 1 atom stereocenters. The summed E-state index contributed by atoms with van der Waals surface area (Å²) in [6, 6.07) is 0.411. The average molecular weight is 199 g/mol. The highest BCUT2D eigenvalue weighted by molar-refractivity contribution is 5.76. The van der Waals surface area contributed by atoms with Crippen molar-refractivity contribution < 1.29 is 4.79 Å². The smallest absolute Gasteiger partial charge is 0.221 e. The van der Waals surface area contributed by atoms with E-state index in [0.29, 0.717) is 12.5 Å². The van der Waals surface area contributed by atoms with Gasteiger partial charge in [-0.15, -0.1) is 0 Å². The van der Waals surface area contributed by atoms with Gasteiger partial charge in [0.05, 0.1) is 0 Å². The molecular weight excluding hydrogens is 178 g/mol. The van der Waals surface area contributed by atoms with Crippen molar-refractivity contribution in [1.29, 1.82) is 0 Å². The molecule has 2 N–H and O–H groups in total. The van der Waals surface area contributed by atoms with Crippen molar-refractivity contribution in [2.45, 2.75) is 25.3 Å². The van der Waals surface area contributed by atoms with Crippen molar-refractivity contribution in [3.8, 4) is 0 Å². The molecule has 0 spiro atoms. The molecule has 4 nitrogen and oxygen atoms in total. The topological polar surface area (TPSA) is 44.4 Å². The number of carbonyl (C=O) groups excluding carboxylic acids is 1. The first kappa shape index (κ1) is 11.5. The van der Waals surface area contributed by atoms with Crippen molar-refractivity contribution >= 4 is 5.91 Å². The quantitative estimate of drug-likeness (QED) is 0.645. The third-order valence-electron chi connectivity index (χ3n) is 2.48. The number of hydrogen-bond donors (Lipinski definition) is 2. The van der Waals surface area contributed by atoms with E-state index in [2.05, 4.69) is 15.5 Å². The van der Waals surface area contributed by atoms with Crippen molar-refractivity contribution in [3.63, 3.8) is 0 Å². The van der Waals surface area contributed by atoms with Crippen LogP contribution in [0.1, 0.15) is 19.3 Å². The van der Waals surface area contributed by atoms with Gasteiger partial charge in [-0.25, -0.2) is 0 Å². The van der Waals surface area contributed by atoms with Crippen LogP contribution in [-0.2, 0) is 4.79 Å². The number of carbonyl (C=O) groups is 1. The summed E-state index contributed by atoms with van der Waals surface area (Å²) >= 11 is 0. The van der Waals surface area contributed by atoms with Crippen molar-refractivity contribution in [2.75, 3.05) is 33.7 Å². The second-order valence-electron chi connectivity index (χ2n) is 4.15. The fourth-order valence-electron chi connectivity index (χ4n) is 1.65. The zero-order chi connectivity index (χ0) is 10.4. The van der Waals surface area contributed by atoms with E-state index in [1.165, 1.54) is 6.42 Å². The minimum absolute atomic E-state index is 0.172. The van der Waals surface area contributed by atoms with Crippen LogP contribution in [0.2, 0.25) is 0 Å². The van der Waals surface area contributed by atoms with Crippen LogP contribution in [-0.4, -0.2) is 50.6 Å². The van der Waals surface area contributed by atoms with Crippen molar-refractivity contribution in [1.82, 2.24) is 15.5 Å². The third kappa shape index (κ3) is 4.58. The Balaban J connectivity index is 2.03. The molecule has 1 unspecified atom stereocenters. The van der Waals surface area contributed by atoms with E-state index in [9.17, 15) is 4.79 Å². The molecule has 0 radical (unpaired) electrons. The number of nitrogens with one attached hydrogen (secondary N) is 2. The van der Waals surface area contributed by atoms with Gasteiger partial charge in [0.15, 0.2) is 0 Å². The molecule has 0 aromatic carbocycles. The fraction of sp³-hybridized carbons (Fsp3) is 0.900.